The maximum atomic E-state index is 11.2. The van der Waals surface area contributed by atoms with Crippen LogP contribution < -0.4 is 9.47 Å². The van der Waals surface area contributed by atoms with Crippen LogP contribution in [0, 0.1) is 6.92 Å². The summed E-state index contributed by atoms with van der Waals surface area (Å²) < 4.78 is 10.5. The first kappa shape index (κ1) is 15.6. The van der Waals surface area contributed by atoms with Gasteiger partial charge in [-0.05, 0) is 35.8 Å². The van der Waals surface area contributed by atoms with Gasteiger partial charge < -0.3 is 14.6 Å². The highest BCUT2D eigenvalue weighted by atomic mass is 16.5. The monoisotopic (exact) mass is 298 g/mol. The average molecular weight is 298 g/mol. The molecule has 0 saturated heterocycles. The molecular weight excluding hydrogens is 280 g/mol. The van der Waals surface area contributed by atoms with E-state index in [-0.39, 0.29) is 0 Å². The fourth-order valence-electron chi connectivity index (χ4n) is 2.19. The Hall–Kier alpha value is -2.75. The van der Waals surface area contributed by atoms with Crippen molar-refractivity contribution in [3.8, 4) is 11.5 Å². The molecule has 2 aromatic carbocycles. The van der Waals surface area contributed by atoms with Crippen molar-refractivity contribution >= 4 is 11.5 Å². The fourth-order valence-corrected chi connectivity index (χ4v) is 2.19. The van der Waals surface area contributed by atoms with Crippen LogP contribution in [0.4, 0.5) is 0 Å². The number of ether oxygens (including phenoxy) is 2. The normalized spacial score (nSPS) is 11.1. The number of carboxylic acid groups (broad SMARTS) is 1. The van der Waals surface area contributed by atoms with Crippen molar-refractivity contribution in [1.82, 2.24) is 0 Å². The first-order chi connectivity index (χ1) is 10.5. The molecule has 22 heavy (non-hydrogen) atoms. The Morgan fingerprint density at radius 1 is 0.955 bits per heavy atom. The zero-order valence-corrected chi connectivity index (χ0v) is 12.8. The minimum atomic E-state index is -0.995. The van der Waals surface area contributed by atoms with Crippen LogP contribution in [0.1, 0.15) is 16.7 Å². The zero-order valence-electron chi connectivity index (χ0n) is 12.8. The van der Waals surface area contributed by atoms with E-state index in [1.807, 2.05) is 37.3 Å². The van der Waals surface area contributed by atoms with Crippen LogP contribution in [0.15, 0.2) is 48.5 Å². The Balaban J connectivity index is 2.55. The minimum absolute atomic E-state index is 0.559. The van der Waals surface area contributed by atoms with E-state index in [1.54, 1.807) is 26.4 Å². The third-order valence-electron chi connectivity index (χ3n) is 3.32. The van der Waals surface area contributed by atoms with Gasteiger partial charge in [-0.1, -0.05) is 35.9 Å². The van der Waals surface area contributed by atoms with Crippen LogP contribution in [-0.2, 0) is 4.79 Å². The molecule has 0 unspecified atom stereocenters. The number of carboxylic acids is 1. The quantitative estimate of drug-likeness (QED) is 0.858. The molecule has 4 nitrogen and oxygen atoms in total. The van der Waals surface area contributed by atoms with Crippen LogP contribution >= 0.6 is 0 Å². The van der Waals surface area contributed by atoms with Gasteiger partial charge in [-0.25, -0.2) is 4.79 Å². The molecule has 0 saturated carbocycles. The molecule has 114 valence electrons. The SMILES string of the molecule is COc1ccc(C(=CC(=O)O)c2ccc(C)cc2)cc1OC. The predicted molar refractivity (Wildman–Crippen MR) is 85.4 cm³/mol. The number of rotatable bonds is 5. The van der Waals surface area contributed by atoms with Gasteiger partial charge in [-0.3, -0.25) is 0 Å². The van der Waals surface area contributed by atoms with Gasteiger partial charge in [0.15, 0.2) is 11.5 Å². The lowest BCUT2D eigenvalue weighted by Crippen LogP contribution is -1.97. The van der Waals surface area contributed by atoms with Gasteiger partial charge in [0.25, 0.3) is 0 Å². The van der Waals surface area contributed by atoms with E-state index in [4.69, 9.17) is 14.6 Å². The molecule has 2 aromatic rings. The molecule has 0 bridgehead atoms. The molecule has 0 aliphatic rings. The summed E-state index contributed by atoms with van der Waals surface area (Å²) in [6.45, 7) is 1.99. The zero-order chi connectivity index (χ0) is 16.1. The summed E-state index contributed by atoms with van der Waals surface area (Å²) in [5, 5.41) is 9.16. The molecule has 0 aliphatic heterocycles. The van der Waals surface area contributed by atoms with Gasteiger partial charge in [0, 0.05) is 6.08 Å². The van der Waals surface area contributed by atoms with Crippen molar-refractivity contribution in [3.63, 3.8) is 0 Å². The summed E-state index contributed by atoms with van der Waals surface area (Å²) in [5.74, 6) is 0.165. The van der Waals surface area contributed by atoms with E-state index in [1.165, 1.54) is 6.08 Å². The average Bonchev–Trinajstić information content (AvgIpc) is 2.52. The lowest BCUT2D eigenvalue weighted by molar-refractivity contribution is -0.131. The standard InChI is InChI=1S/C18H18O4/c1-12-4-6-13(7-5-12)15(11-18(19)20)14-8-9-16(21-2)17(10-14)22-3/h4-11H,1-3H3,(H,19,20). The Labute approximate surface area is 129 Å². The molecule has 0 amide bonds. The summed E-state index contributed by atoms with van der Waals surface area (Å²) >= 11 is 0. The van der Waals surface area contributed by atoms with Gasteiger partial charge in [0.2, 0.25) is 0 Å². The van der Waals surface area contributed by atoms with Gasteiger partial charge in [0.05, 0.1) is 14.2 Å². The van der Waals surface area contributed by atoms with Crippen LogP contribution in [-0.4, -0.2) is 25.3 Å². The number of hydrogen-bond donors (Lipinski definition) is 1. The fraction of sp³-hybridized carbons (Fsp3) is 0.167. The molecule has 4 heteroatoms. The molecule has 0 heterocycles. The second-order valence-corrected chi connectivity index (χ2v) is 4.83. The lowest BCUT2D eigenvalue weighted by Gasteiger charge is -2.12. The smallest absolute Gasteiger partial charge is 0.328 e. The number of methoxy groups -OCH3 is 2. The van der Waals surface area contributed by atoms with E-state index >= 15 is 0 Å². The predicted octanol–water partition coefficient (Wildman–Crippen LogP) is 3.53. The van der Waals surface area contributed by atoms with E-state index in [0.29, 0.717) is 17.1 Å². The maximum absolute atomic E-state index is 11.2. The third kappa shape index (κ3) is 3.47. The lowest BCUT2D eigenvalue weighted by atomic mass is 9.96. The first-order valence-electron chi connectivity index (χ1n) is 6.79. The first-order valence-corrected chi connectivity index (χ1v) is 6.79. The second kappa shape index (κ2) is 6.80. The summed E-state index contributed by atoms with van der Waals surface area (Å²) in [6, 6.07) is 13.1. The molecule has 0 fully saturated rings. The van der Waals surface area contributed by atoms with Crippen molar-refractivity contribution in [2.75, 3.05) is 14.2 Å². The van der Waals surface area contributed by atoms with E-state index < -0.39 is 5.97 Å². The van der Waals surface area contributed by atoms with Crippen molar-refractivity contribution in [3.05, 3.63) is 65.2 Å². The van der Waals surface area contributed by atoms with Crippen LogP contribution in [0.2, 0.25) is 0 Å². The number of benzene rings is 2. The third-order valence-corrected chi connectivity index (χ3v) is 3.32. The molecule has 0 spiro atoms. The van der Waals surface area contributed by atoms with Gasteiger partial charge in [0.1, 0.15) is 0 Å². The number of aryl methyl sites for hydroxylation is 1. The summed E-state index contributed by atoms with van der Waals surface area (Å²) in [7, 11) is 3.11. The summed E-state index contributed by atoms with van der Waals surface area (Å²) in [5.41, 5.74) is 3.32. The molecule has 0 radical (unpaired) electrons. The number of aliphatic carboxylic acids is 1. The maximum Gasteiger partial charge on any atom is 0.328 e. The van der Waals surface area contributed by atoms with Crippen molar-refractivity contribution < 1.29 is 19.4 Å². The Morgan fingerprint density at radius 2 is 1.55 bits per heavy atom. The summed E-state index contributed by atoms with van der Waals surface area (Å²) in [6.07, 6.45) is 1.20. The van der Waals surface area contributed by atoms with Crippen LogP contribution in [0.25, 0.3) is 5.57 Å². The van der Waals surface area contributed by atoms with Crippen molar-refractivity contribution in [2.45, 2.75) is 6.92 Å². The van der Waals surface area contributed by atoms with Gasteiger partial charge in [-0.2, -0.15) is 0 Å². The second-order valence-electron chi connectivity index (χ2n) is 4.83. The van der Waals surface area contributed by atoms with E-state index in [2.05, 4.69) is 0 Å². The Kier molecular flexibility index (Phi) is 4.84. The van der Waals surface area contributed by atoms with E-state index in [9.17, 15) is 4.79 Å². The minimum Gasteiger partial charge on any atom is -0.493 e. The Bertz CT molecular complexity index is 700. The number of hydrogen-bond acceptors (Lipinski definition) is 3. The van der Waals surface area contributed by atoms with Crippen LogP contribution in [0.3, 0.4) is 0 Å². The molecule has 2 rings (SSSR count). The molecular formula is C18H18O4. The topological polar surface area (TPSA) is 55.8 Å². The molecule has 0 aliphatic carbocycles. The van der Waals surface area contributed by atoms with E-state index in [0.717, 1.165) is 16.7 Å². The van der Waals surface area contributed by atoms with Crippen molar-refractivity contribution in [2.24, 2.45) is 0 Å². The highest BCUT2D eigenvalue weighted by Crippen LogP contribution is 2.32. The van der Waals surface area contributed by atoms with Gasteiger partial charge >= 0.3 is 5.97 Å². The highest BCUT2D eigenvalue weighted by Gasteiger charge is 2.11. The Morgan fingerprint density at radius 3 is 2.09 bits per heavy atom. The summed E-state index contributed by atoms with van der Waals surface area (Å²) in [4.78, 5) is 11.2. The molecule has 0 aromatic heterocycles. The molecule has 0 atom stereocenters. The van der Waals surface area contributed by atoms with Crippen molar-refractivity contribution in [1.29, 1.82) is 0 Å². The van der Waals surface area contributed by atoms with Gasteiger partial charge in [-0.15, -0.1) is 0 Å². The highest BCUT2D eigenvalue weighted by molar-refractivity contribution is 5.95. The van der Waals surface area contributed by atoms with Crippen LogP contribution in [0.5, 0.6) is 11.5 Å². The molecule has 1 N–H and O–H groups in total. The largest absolute Gasteiger partial charge is 0.493 e. The number of carbonyl (C=O) groups is 1.